The van der Waals surface area contributed by atoms with E-state index in [9.17, 15) is 4.79 Å². The Balaban J connectivity index is 3.10. The third-order valence-corrected chi connectivity index (χ3v) is 3.23. The molecule has 112 valence electrons. The predicted octanol–water partition coefficient (Wildman–Crippen LogP) is 1.98. The van der Waals surface area contributed by atoms with E-state index in [4.69, 9.17) is 29.0 Å². The molecule has 0 fully saturated rings. The Hall–Kier alpha value is -1.24. The lowest BCUT2D eigenvalue weighted by atomic mass is 10.3. The molecule has 8 heteroatoms. The van der Waals surface area contributed by atoms with Crippen molar-refractivity contribution < 1.29 is 4.79 Å². The Kier molecular flexibility index (Phi) is 6.32. The molecule has 0 aliphatic carbocycles. The van der Waals surface area contributed by atoms with E-state index >= 15 is 0 Å². The average molecular weight is 320 g/mol. The number of amides is 1. The fourth-order valence-corrected chi connectivity index (χ4v) is 2.15. The van der Waals surface area contributed by atoms with Crippen LogP contribution in [-0.4, -0.2) is 43.0 Å². The van der Waals surface area contributed by atoms with Gasteiger partial charge in [-0.2, -0.15) is 0 Å². The Morgan fingerprint density at radius 2 is 2.05 bits per heavy atom. The van der Waals surface area contributed by atoms with Gasteiger partial charge in [0.15, 0.2) is 5.82 Å². The SMILES string of the molecule is CCCN(CC(=O)N(C)C)c1nc(NN)c(Cl)cc1Cl. The zero-order chi connectivity index (χ0) is 15.3. The minimum atomic E-state index is -0.0338. The predicted molar refractivity (Wildman–Crippen MR) is 83.3 cm³/mol. The lowest BCUT2D eigenvalue weighted by molar-refractivity contribution is -0.127. The van der Waals surface area contributed by atoms with Gasteiger partial charge >= 0.3 is 0 Å². The van der Waals surface area contributed by atoms with E-state index in [0.717, 1.165) is 6.42 Å². The number of likely N-dealkylation sites (N-methyl/N-ethyl adjacent to an activating group) is 1. The summed E-state index contributed by atoms with van der Waals surface area (Å²) in [5.74, 6) is 6.14. The average Bonchev–Trinajstić information content (AvgIpc) is 2.38. The van der Waals surface area contributed by atoms with Crippen molar-refractivity contribution in [3.8, 4) is 0 Å². The van der Waals surface area contributed by atoms with Crippen LogP contribution in [0.25, 0.3) is 0 Å². The number of pyridine rings is 1. The number of nitrogens with zero attached hydrogens (tertiary/aromatic N) is 3. The highest BCUT2D eigenvalue weighted by Crippen LogP contribution is 2.31. The molecule has 1 aromatic heterocycles. The van der Waals surface area contributed by atoms with Crippen molar-refractivity contribution >= 4 is 40.7 Å². The molecule has 0 bridgehead atoms. The Bertz CT molecular complexity index is 481. The molecule has 1 aromatic rings. The Labute approximate surface area is 128 Å². The maximum atomic E-state index is 11.9. The molecule has 0 aliphatic rings. The molecule has 0 spiro atoms. The number of nitrogens with two attached hydrogens (primary N) is 1. The molecule has 20 heavy (non-hydrogen) atoms. The van der Waals surface area contributed by atoms with Gasteiger partial charge in [-0.3, -0.25) is 4.79 Å². The van der Waals surface area contributed by atoms with Gasteiger partial charge in [-0.1, -0.05) is 30.1 Å². The molecular formula is C12H19Cl2N5O. The summed E-state index contributed by atoms with van der Waals surface area (Å²) in [6.45, 7) is 2.86. The molecule has 0 saturated heterocycles. The molecule has 0 unspecified atom stereocenters. The van der Waals surface area contributed by atoms with Crippen LogP contribution >= 0.6 is 23.2 Å². The van der Waals surface area contributed by atoms with Crippen LogP contribution in [0.2, 0.25) is 10.0 Å². The second-order valence-corrected chi connectivity index (χ2v) is 5.29. The molecule has 6 nitrogen and oxygen atoms in total. The number of aromatic nitrogens is 1. The lowest BCUT2D eigenvalue weighted by Crippen LogP contribution is -2.37. The fourth-order valence-electron chi connectivity index (χ4n) is 1.61. The summed E-state index contributed by atoms with van der Waals surface area (Å²) in [7, 11) is 3.41. The van der Waals surface area contributed by atoms with Crippen LogP contribution in [0.5, 0.6) is 0 Å². The number of hydrazine groups is 1. The van der Waals surface area contributed by atoms with E-state index in [-0.39, 0.29) is 12.5 Å². The highest BCUT2D eigenvalue weighted by molar-refractivity contribution is 6.37. The van der Waals surface area contributed by atoms with Gasteiger partial charge < -0.3 is 15.2 Å². The summed E-state index contributed by atoms with van der Waals surface area (Å²) >= 11 is 12.1. The summed E-state index contributed by atoms with van der Waals surface area (Å²) in [6.07, 6.45) is 0.854. The second kappa shape index (κ2) is 7.52. The third kappa shape index (κ3) is 4.13. The number of carbonyl (C=O) groups is 1. The first kappa shape index (κ1) is 16.8. The van der Waals surface area contributed by atoms with Gasteiger partial charge in [0.05, 0.1) is 16.6 Å². The normalized spacial score (nSPS) is 10.3. The smallest absolute Gasteiger partial charge is 0.241 e. The molecule has 1 amide bonds. The number of hydrogen-bond acceptors (Lipinski definition) is 5. The molecule has 0 saturated carbocycles. The van der Waals surface area contributed by atoms with Gasteiger partial charge in [0, 0.05) is 20.6 Å². The maximum Gasteiger partial charge on any atom is 0.241 e. The minimum absolute atomic E-state index is 0.0338. The van der Waals surface area contributed by atoms with Crippen LogP contribution in [0.1, 0.15) is 13.3 Å². The van der Waals surface area contributed by atoms with E-state index in [1.54, 1.807) is 20.2 Å². The summed E-state index contributed by atoms with van der Waals surface area (Å²) in [5, 5.41) is 0.714. The number of anilines is 2. The van der Waals surface area contributed by atoms with Crippen LogP contribution in [0.3, 0.4) is 0 Å². The van der Waals surface area contributed by atoms with Crippen molar-refractivity contribution in [3.05, 3.63) is 16.1 Å². The maximum absolute atomic E-state index is 11.9. The number of nitrogen functional groups attached to an aromatic ring is 1. The number of halogens is 2. The molecule has 1 heterocycles. The van der Waals surface area contributed by atoms with E-state index in [1.807, 2.05) is 11.8 Å². The Morgan fingerprint density at radius 1 is 1.40 bits per heavy atom. The van der Waals surface area contributed by atoms with Crippen LogP contribution in [0.15, 0.2) is 6.07 Å². The first-order chi connectivity index (χ1) is 9.40. The Morgan fingerprint density at radius 3 is 2.55 bits per heavy atom. The number of nitrogens with one attached hydrogen (secondary N) is 1. The van der Waals surface area contributed by atoms with E-state index in [2.05, 4.69) is 10.4 Å². The van der Waals surface area contributed by atoms with Gasteiger partial charge in [-0.25, -0.2) is 10.8 Å². The fraction of sp³-hybridized carbons (Fsp3) is 0.500. The summed E-state index contributed by atoms with van der Waals surface area (Å²) in [6, 6.07) is 1.56. The van der Waals surface area contributed by atoms with Gasteiger partial charge in [0.1, 0.15) is 5.82 Å². The summed E-state index contributed by atoms with van der Waals surface area (Å²) in [5.41, 5.74) is 2.41. The monoisotopic (exact) mass is 319 g/mol. The highest BCUT2D eigenvalue weighted by atomic mass is 35.5. The zero-order valence-corrected chi connectivity index (χ0v) is 13.3. The van der Waals surface area contributed by atoms with Crippen molar-refractivity contribution in [1.82, 2.24) is 9.88 Å². The molecule has 0 atom stereocenters. The molecular weight excluding hydrogens is 301 g/mol. The first-order valence-corrected chi connectivity index (χ1v) is 6.94. The van der Waals surface area contributed by atoms with Crippen LogP contribution in [0.4, 0.5) is 11.6 Å². The van der Waals surface area contributed by atoms with Crippen molar-refractivity contribution in [3.63, 3.8) is 0 Å². The van der Waals surface area contributed by atoms with Gasteiger partial charge in [0.25, 0.3) is 0 Å². The molecule has 3 N–H and O–H groups in total. The summed E-state index contributed by atoms with van der Waals surface area (Å²) < 4.78 is 0. The van der Waals surface area contributed by atoms with Gasteiger partial charge in [0.2, 0.25) is 5.91 Å². The molecule has 0 radical (unpaired) electrons. The van der Waals surface area contributed by atoms with E-state index < -0.39 is 0 Å². The van der Waals surface area contributed by atoms with Crippen LogP contribution < -0.4 is 16.2 Å². The molecule has 1 rings (SSSR count). The van der Waals surface area contributed by atoms with Crippen molar-refractivity contribution in [2.45, 2.75) is 13.3 Å². The van der Waals surface area contributed by atoms with Crippen molar-refractivity contribution in [2.75, 3.05) is 37.5 Å². The number of hydrogen-bond donors (Lipinski definition) is 2. The van der Waals surface area contributed by atoms with Crippen molar-refractivity contribution in [2.24, 2.45) is 5.84 Å². The number of rotatable bonds is 6. The zero-order valence-electron chi connectivity index (χ0n) is 11.8. The molecule has 0 aliphatic heterocycles. The first-order valence-electron chi connectivity index (χ1n) is 6.18. The third-order valence-electron chi connectivity index (χ3n) is 2.67. The topological polar surface area (TPSA) is 74.5 Å². The van der Waals surface area contributed by atoms with Crippen LogP contribution in [-0.2, 0) is 4.79 Å². The van der Waals surface area contributed by atoms with E-state index in [1.165, 1.54) is 4.90 Å². The van der Waals surface area contributed by atoms with Crippen LogP contribution in [0, 0.1) is 0 Å². The summed E-state index contributed by atoms with van der Waals surface area (Å²) in [4.78, 5) is 19.5. The second-order valence-electron chi connectivity index (χ2n) is 4.48. The van der Waals surface area contributed by atoms with Gasteiger partial charge in [-0.15, -0.1) is 0 Å². The van der Waals surface area contributed by atoms with E-state index in [0.29, 0.717) is 28.2 Å². The molecule has 0 aromatic carbocycles. The quantitative estimate of drug-likeness (QED) is 0.619. The van der Waals surface area contributed by atoms with Crippen molar-refractivity contribution in [1.29, 1.82) is 0 Å². The standard InChI is InChI=1S/C12H19Cl2N5O/c1-4-5-19(7-10(20)18(2)3)12-9(14)6-8(13)11(16-12)17-15/h6H,4-5,7,15H2,1-3H3,(H,16,17). The minimum Gasteiger partial charge on any atom is -0.347 e. The number of carbonyl (C=O) groups excluding carboxylic acids is 1. The van der Waals surface area contributed by atoms with Gasteiger partial charge in [-0.05, 0) is 12.5 Å². The largest absolute Gasteiger partial charge is 0.347 e. The lowest BCUT2D eigenvalue weighted by Gasteiger charge is -2.25. The highest BCUT2D eigenvalue weighted by Gasteiger charge is 2.18.